The Hall–Kier alpha value is -3.68. The monoisotopic (exact) mass is 410 g/mol. The van der Waals surface area contributed by atoms with E-state index in [-0.39, 0.29) is 18.4 Å². The second-order valence-corrected chi connectivity index (χ2v) is 7.09. The van der Waals surface area contributed by atoms with E-state index in [0.717, 1.165) is 5.56 Å². The van der Waals surface area contributed by atoms with Crippen molar-refractivity contribution in [3.8, 4) is 5.75 Å². The average Bonchev–Trinajstić information content (AvgIpc) is 2.71. The zero-order chi connectivity index (χ0) is 22.1. The van der Waals surface area contributed by atoms with E-state index >= 15 is 0 Å². The Morgan fingerprint density at radius 2 is 1.77 bits per heavy atom. The third-order valence-electron chi connectivity index (χ3n) is 4.22. The Labute approximate surface area is 175 Å². The topological polar surface area (TPSA) is 123 Å². The van der Waals surface area contributed by atoms with Crippen molar-refractivity contribution < 1.29 is 19.1 Å². The molecule has 0 heterocycles. The van der Waals surface area contributed by atoms with Gasteiger partial charge in [0.1, 0.15) is 11.8 Å². The van der Waals surface area contributed by atoms with Gasteiger partial charge in [-0.25, -0.2) is 5.43 Å². The van der Waals surface area contributed by atoms with Crippen molar-refractivity contribution in [2.45, 2.75) is 26.8 Å². The number of nitrogens with two attached hydrogens (primary N) is 1. The molecule has 0 saturated carbocycles. The molecule has 4 N–H and O–H groups in total. The van der Waals surface area contributed by atoms with Gasteiger partial charge >= 0.3 is 0 Å². The number of para-hydroxylation sites is 1. The number of amides is 3. The number of nitrogens with one attached hydrogen (secondary N) is 2. The predicted molar refractivity (Wildman–Crippen MR) is 114 cm³/mol. The zero-order valence-electron chi connectivity index (χ0n) is 17.2. The molecule has 3 amide bonds. The molecule has 0 aliphatic heterocycles. The first-order valence-electron chi connectivity index (χ1n) is 9.48. The first-order valence-corrected chi connectivity index (χ1v) is 9.48. The Bertz CT molecular complexity index is 923. The highest BCUT2D eigenvalue weighted by molar-refractivity contribution is 5.97. The summed E-state index contributed by atoms with van der Waals surface area (Å²) in [5.41, 5.74) is 9.61. The van der Waals surface area contributed by atoms with Crippen LogP contribution in [0.2, 0.25) is 0 Å². The summed E-state index contributed by atoms with van der Waals surface area (Å²) < 4.78 is 5.32. The molecule has 2 aromatic rings. The van der Waals surface area contributed by atoms with Crippen molar-refractivity contribution in [2.75, 3.05) is 6.61 Å². The molecule has 1 unspecified atom stereocenters. The molecule has 0 spiro atoms. The lowest BCUT2D eigenvalue weighted by atomic mass is 10.0. The van der Waals surface area contributed by atoms with Gasteiger partial charge in [0.2, 0.25) is 0 Å². The molecule has 8 heteroatoms. The van der Waals surface area contributed by atoms with Crippen molar-refractivity contribution >= 4 is 23.9 Å². The van der Waals surface area contributed by atoms with Crippen LogP contribution in [-0.2, 0) is 9.59 Å². The quantitative estimate of drug-likeness (QED) is 0.430. The van der Waals surface area contributed by atoms with E-state index in [4.69, 9.17) is 10.5 Å². The number of carbonyl (C=O) groups is 3. The Morgan fingerprint density at radius 3 is 2.40 bits per heavy atom. The fourth-order valence-electron chi connectivity index (χ4n) is 2.57. The van der Waals surface area contributed by atoms with Gasteiger partial charge in [0, 0.05) is 11.1 Å². The molecule has 30 heavy (non-hydrogen) atoms. The van der Waals surface area contributed by atoms with E-state index in [1.165, 1.54) is 6.21 Å². The number of hydrogen-bond acceptors (Lipinski definition) is 5. The first kappa shape index (κ1) is 22.6. The minimum atomic E-state index is -0.766. The molecule has 0 bridgehead atoms. The number of carbonyl (C=O) groups excluding carboxylic acids is 3. The first-order chi connectivity index (χ1) is 14.3. The third-order valence-corrected chi connectivity index (χ3v) is 4.22. The van der Waals surface area contributed by atoms with Crippen LogP contribution in [0.25, 0.3) is 0 Å². The van der Waals surface area contributed by atoms with Crippen LogP contribution >= 0.6 is 0 Å². The van der Waals surface area contributed by atoms with E-state index in [1.54, 1.807) is 36.4 Å². The maximum atomic E-state index is 12.6. The minimum Gasteiger partial charge on any atom is -0.483 e. The van der Waals surface area contributed by atoms with Crippen molar-refractivity contribution in [1.29, 1.82) is 0 Å². The SMILES string of the molecule is Cc1ccc(C(=O)NC(C(=O)N/N=C\c2ccccc2OCC(N)=O)C(C)C)cc1. The highest BCUT2D eigenvalue weighted by Gasteiger charge is 2.24. The Balaban J connectivity index is 2.02. The van der Waals surface area contributed by atoms with E-state index < -0.39 is 17.9 Å². The van der Waals surface area contributed by atoms with E-state index in [9.17, 15) is 14.4 Å². The van der Waals surface area contributed by atoms with E-state index in [2.05, 4.69) is 15.8 Å². The van der Waals surface area contributed by atoms with Crippen LogP contribution in [0.4, 0.5) is 0 Å². The summed E-state index contributed by atoms with van der Waals surface area (Å²) in [6, 6.07) is 13.2. The van der Waals surface area contributed by atoms with Crippen molar-refractivity contribution in [3.63, 3.8) is 0 Å². The van der Waals surface area contributed by atoms with Gasteiger partial charge in [-0.15, -0.1) is 0 Å². The highest BCUT2D eigenvalue weighted by atomic mass is 16.5. The summed E-state index contributed by atoms with van der Waals surface area (Å²) in [5.74, 6) is -1.13. The van der Waals surface area contributed by atoms with Gasteiger partial charge in [0.15, 0.2) is 6.61 Å². The lowest BCUT2D eigenvalue weighted by molar-refractivity contribution is -0.124. The molecule has 2 rings (SSSR count). The molecule has 1 atom stereocenters. The molecule has 0 aliphatic carbocycles. The fraction of sp³-hybridized carbons (Fsp3) is 0.273. The van der Waals surface area contributed by atoms with E-state index in [0.29, 0.717) is 16.9 Å². The van der Waals surface area contributed by atoms with Crippen LogP contribution in [0.1, 0.15) is 35.3 Å². The number of hydrogen-bond donors (Lipinski definition) is 3. The van der Waals surface area contributed by atoms with Gasteiger partial charge in [-0.1, -0.05) is 43.7 Å². The van der Waals surface area contributed by atoms with Gasteiger partial charge in [0.25, 0.3) is 17.7 Å². The minimum absolute atomic E-state index is 0.152. The van der Waals surface area contributed by atoms with Crippen molar-refractivity contribution in [3.05, 3.63) is 65.2 Å². The van der Waals surface area contributed by atoms with Crippen molar-refractivity contribution in [1.82, 2.24) is 10.7 Å². The molecule has 158 valence electrons. The van der Waals surface area contributed by atoms with Crippen LogP contribution in [0, 0.1) is 12.8 Å². The van der Waals surface area contributed by atoms with Crippen LogP contribution in [0.15, 0.2) is 53.6 Å². The Kier molecular flexibility index (Phi) is 8.10. The molecule has 0 fully saturated rings. The van der Waals surface area contributed by atoms with Crippen LogP contribution in [0.3, 0.4) is 0 Å². The predicted octanol–water partition coefficient (Wildman–Crippen LogP) is 1.76. The zero-order valence-corrected chi connectivity index (χ0v) is 17.2. The average molecular weight is 410 g/mol. The maximum absolute atomic E-state index is 12.6. The largest absolute Gasteiger partial charge is 0.483 e. The number of benzene rings is 2. The lowest BCUT2D eigenvalue weighted by Crippen LogP contribution is -2.48. The van der Waals surface area contributed by atoms with Gasteiger partial charge < -0.3 is 15.8 Å². The van der Waals surface area contributed by atoms with Crippen LogP contribution in [-0.4, -0.2) is 36.6 Å². The number of rotatable bonds is 9. The van der Waals surface area contributed by atoms with Gasteiger partial charge in [0.05, 0.1) is 6.21 Å². The van der Waals surface area contributed by atoms with Gasteiger partial charge in [-0.05, 0) is 37.1 Å². The number of primary amides is 1. The van der Waals surface area contributed by atoms with Crippen LogP contribution < -0.4 is 21.2 Å². The molecule has 2 aromatic carbocycles. The number of hydrazone groups is 1. The molecular weight excluding hydrogens is 384 g/mol. The third kappa shape index (κ3) is 6.73. The highest BCUT2D eigenvalue weighted by Crippen LogP contribution is 2.15. The fourth-order valence-corrected chi connectivity index (χ4v) is 2.57. The standard InChI is InChI=1S/C22H26N4O4/c1-14(2)20(25-21(28)16-10-8-15(3)9-11-16)22(29)26-24-12-17-6-4-5-7-18(17)30-13-19(23)27/h4-12,14,20H,13H2,1-3H3,(H2,23,27)(H,25,28)(H,26,29)/b24-12-. The Morgan fingerprint density at radius 1 is 1.10 bits per heavy atom. The van der Waals surface area contributed by atoms with Crippen LogP contribution in [0.5, 0.6) is 5.75 Å². The second-order valence-electron chi connectivity index (χ2n) is 7.09. The van der Waals surface area contributed by atoms with E-state index in [1.807, 2.05) is 32.9 Å². The number of ether oxygens (including phenoxy) is 1. The lowest BCUT2D eigenvalue weighted by Gasteiger charge is -2.20. The molecule has 0 saturated heterocycles. The summed E-state index contributed by atoms with van der Waals surface area (Å²) in [6.45, 7) is 5.32. The summed E-state index contributed by atoms with van der Waals surface area (Å²) >= 11 is 0. The summed E-state index contributed by atoms with van der Waals surface area (Å²) in [7, 11) is 0. The number of aryl methyl sites for hydroxylation is 1. The van der Waals surface area contributed by atoms with Gasteiger partial charge in [-0.2, -0.15) is 5.10 Å². The summed E-state index contributed by atoms with van der Waals surface area (Å²) in [6.07, 6.45) is 1.40. The maximum Gasteiger partial charge on any atom is 0.262 e. The second kappa shape index (κ2) is 10.8. The number of nitrogens with zero attached hydrogens (tertiary/aromatic N) is 1. The normalized spacial score (nSPS) is 11.9. The molecule has 8 nitrogen and oxygen atoms in total. The van der Waals surface area contributed by atoms with Gasteiger partial charge in [-0.3, -0.25) is 14.4 Å². The molecule has 0 aliphatic rings. The molecular formula is C22H26N4O4. The van der Waals surface area contributed by atoms with Crippen molar-refractivity contribution in [2.24, 2.45) is 16.8 Å². The molecule has 0 radical (unpaired) electrons. The smallest absolute Gasteiger partial charge is 0.262 e. The molecule has 0 aromatic heterocycles. The summed E-state index contributed by atoms with van der Waals surface area (Å²) in [5, 5.41) is 6.70. The summed E-state index contributed by atoms with van der Waals surface area (Å²) in [4.78, 5) is 35.9.